The van der Waals surface area contributed by atoms with Crippen LogP contribution in [0.3, 0.4) is 0 Å². The van der Waals surface area contributed by atoms with Gasteiger partial charge in [0.2, 0.25) is 10.0 Å². The molecule has 0 saturated carbocycles. The van der Waals surface area contributed by atoms with Crippen LogP contribution < -0.4 is 15.4 Å². The molecule has 0 radical (unpaired) electrons. The number of nitrogens with zero attached hydrogens (tertiary/aromatic N) is 1. The monoisotopic (exact) mass is 372 g/mol. The maximum atomic E-state index is 11.7. The third-order valence-corrected chi connectivity index (χ3v) is 4.81. The first-order valence-corrected chi connectivity index (χ1v) is 9.55. The van der Waals surface area contributed by atoms with E-state index in [1.54, 1.807) is 38.4 Å². The van der Waals surface area contributed by atoms with E-state index >= 15 is 0 Å². The van der Waals surface area contributed by atoms with Gasteiger partial charge < -0.3 is 20.1 Å². The van der Waals surface area contributed by atoms with E-state index in [-0.39, 0.29) is 4.90 Å². The first-order chi connectivity index (χ1) is 12.0. The number of rotatable bonds is 11. The van der Waals surface area contributed by atoms with Gasteiger partial charge >= 0.3 is 0 Å². The molecule has 0 unspecified atom stereocenters. The highest BCUT2D eigenvalue weighted by Gasteiger charge is 2.10. The van der Waals surface area contributed by atoms with Crippen molar-refractivity contribution in [2.75, 3.05) is 47.6 Å². The van der Waals surface area contributed by atoms with Crippen molar-refractivity contribution < 1.29 is 17.9 Å². The average Bonchev–Trinajstić information content (AvgIpc) is 2.63. The third kappa shape index (κ3) is 8.30. The molecule has 0 aliphatic heterocycles. The molecule has 1 aromatic carbocycles. The Labute approximate surface area is 150 Å². The highest BCUT2D eigenvalue weighted by atomic mass is 32.2. The van der Waals surface area contributed by atoms with Crippen LogP contribution in [0.15, 0.2) is 34.2 Å². The molecule has 1 aromatic rings. The summed E-state index contributed by atoms with van der Waals surface area (Å²) >= 11 is 0. The van der Waals surface area contributed by atoms with Gasteiger partial charge in [-0.05, 0) is 31.2 Å². The quantitative estimate of drug-likeness (QED) is 0.294. The molecule has 0 spiro atoms. The summed E-state index contributed by atoms with van der Waals surface area (Å²) in [5.41, 5.74) is 0.959. The van der Waals surface area contributed by atoms with E-state index < -0.39 is 10.0 Å². The number of hydrogen-bond acceptors (Lipinski definition) is 5. The number of ether oxygens (including phenoxy) is 2. The summed E-state index contributed by atoms with van der Waals surface area (Å²) in [6.45, 7) is 3.15. The maximum absolute atomic E-state index is 11.7. The zero-order valence-corrected chi connectivity index (χ0v) is 15.9. The van der Waals surface area contributed by atoms with Gasteiger partial charge in [-0.3, -0.25) is 4.99 Å². The summed E-state index contributed by atoms with van der Waals surface area (Å²) in [6.07, 6.45) is 0.862. The molecule has 0 fully saturated rings. The highest BCUT2D eigenvalue weighted by molar-refractivity contribution is 7.89. The summed E-state index contributed by atoms with van der Waals surface area (Å²) in [5, 5.41) is 6.38. The van der Waals surface area contributed by atoms with E-state index in [1.807, 2.05) is 0 Å². The van der Waals surface area contributed by atoms with Crippen LogP contribution in [-0.2, 0) is 26.0 Å². The highest BCUT2D eigenvalue weighted by Crippen LogP contribution is 2.09. The fourth-order valence-electron chi connectivity index (χ4n) is 1.94. The first kappa shape index (κ1) is 21.4. The van der Waals surface area contributed by atoms with Crippen LogP contribution in [0.4, 0.5) is 0 Å². The summed E-state index contributed by atoms with van der Waals surface area (Å²) in [4.78, 5) is 4.39. The Morgan fingerprint density at radius 2 is 1.84 bits per heavy atom. The van der Waals surface area contributed by atoms with Gasteiger partial charge in [0.15, 0.2) is 5.96 Å². The number of methoxy groups -OCH3 is 1. The number of aliphatic imine (C=N–C) groups is 1. The predicted molar refractivity (Wildman–Crippen MR) is 98.2 cm³/mol. The minimum atomic E-state index is -3.40. The van der Waals surface area contributed by atoms with E-state index in [0.717, 1.165) is 18.5 Å². The van der Waals surface area contributed by atoms with Crippen molar-refractivity contribution in [1.29, 1.82) is 0 Å². The average molecular weight is 372 g/mol. The second-order valence-electron chi connectivity index (χ2n) is 5.16. The maximum Gasteiger partial charge on any atom is 0.240 e. The summed E-state index contributed by atoms with van der Waals surface area (Å²) in [5.74, 6) is 0.684. The molecule has 9 heteroatoms. The molecule has 3 N–H and O–H groups in total. The Kier molecular flexibility index (Phi) is 10.1. The van der Waals surface area contributed by atoms with Gasteiger partial charge in [-0.2, -0.15) is 0 Å². The van der Waals surface area contributed by atoms with Crippen molar-refractivity contribution in [2.45, 2.75) is 17.9 Å². The number of benzene rings is 1. The number of sulfonamides is 1. The minimum Gasteiger partial charge on any atom is -0.382 e. The van der Waals surface area contributed by atoms with Crippen LogP contribution in [0.1, 0.15) is 12.0 Å². The summed E-state index contributed by atoms with van der Waals surface area (Å²) in [7, 11) is 1.34. The molecule has 1 rings (SSSR count). The first-order valence-electron chi connectivity index (χ1n) is 8.07. The molecule has 8 nitrogen and oxygen atoms in total. The van der Waals surface area contributed by atoms with Gasteiger partial charge in [0.05, 0.1) is 18.1 Å². The van der Waals surface area contributed by atoms with E-state index in [4.69, 9.17) is 9.47 Å². The van der Waals surface area contributed by atoms with Crippen LogP contribution in [0.25, 0.3) is 0 Å². The molecule has 0 heterocycles. The smallest absolute Gasteiger partial charge is 0.240 e. The van der Waals surface area contributed by atoms with Crippen LogP contribution in [-0.4, -0.2) is 61.9 Å². The fraction of sp³-hybridized carbons (Fsp3) is 0.562. The molecule has 142 valence electrons. The second-order valence-corrected chi connectivity index (χ2v) is 7.05. The molecule has 0 amide bonds. The van der Waals surface area contributed by atoms with Gasteiger partial charge in [-0.15, -0.1) is 0 Å². The van der Waals surface area contributed by atoms with Crippen molar-refractivity contribution >= 4 is 16.0 Å². The lowest BCUT2D eigenvalue weighted by molar-refractivity contribution is 0.0698. The van der Waals surface area contributed by atoms with Gasteiger partial charge in [-0.25, -0.2) is 13.1 Å². The van der Waals surface area contributed by atoms with Crippen LogP contribution in [0.2, 0.25) is 0 Å². The third-order valence-electron chi connectivity index (χ3n) is 3.38. The molecule has 0 bridgehead atoms. The summed E-state index contributed by atoms with van der Waals surface area (Å²) in [6, 6.07) is 6.70. The van der Waals surface area contributed by atoms with Crippen molar-refractivity contribution in [3.63, 3.8) is 0 Å². The van der Waals surface area contributed by atoms with E-state index in [1.165, 1.54) is 7.05 Å². The molecular formula is C16H28N4O4S. The standard InChI is InChI=1S/C16H28N4O4S/c1-17-16(19-9-4-10-24-12-11-23-3)20-13-14-5-7-15(8-6-14)25(21,22)18-2/h5-8,18H,4,9-13H2,1-3H3,(H2,17,19,20). The summed E-state index contributed by atoms with van der Waals surface area (Å²) < 4.78 is 35.9. The predicted octanol–water partition coefficient (Wildman–Crippen LogP) is 0.313. The zero-order chi connectivity index (χ0) is 18.5. The van der Waals surface area contributed by atoms with Crippen molar-refractivity contribution in [3.05, 3.63) is 29.8 Å². The molecular weight excluding hydrogens is 344 g/mol. The fourth-order valence-corrected chi connectivity index (χ4v) is 2.67. The van der Waals surface area contributed by atoms with Crippen LogP contribution >= 0.6 is 0 Å². The lowest BCUT2D eigenvalue weighted by Crippen LogP contribution is -2.37. The molecule has 0 aliphatic carbocycles. The topological polar surface area (TPSA) is 101 Å². The van der Waals surface area contributed by atoms with Crippen LogP contribution in [0.5, 0.6) is 0 Å². The van der Waals surface area contributed by atoms with E-state index in [0.29, 0.717) is 32.3 Å². The van der Waals surface area contributed by atoms with Gasteiger partial charge in [0.25, 0.3) is 0 Å². The Morgan fingerprint density at radius 3 is 2.44 bits per heavy atom. The Balaban J connectivity index is 2.33. The van der Waals surface area contributed by atoms with Gasteiger partial charge in [0.1, 0.15) is 0 Å². The normalized spacial score (nSPS) is 12.2. The second kappa shape index (κ2) is 11.8. The number of nitrogens with one attached hydrogen (secondary N) is 3. The van der Waals surface area contributed by atoms with Crippen LogP contribution in [0, 0.1) is 0 Å². The molecule has 0 atom stereocenters. The molecule has 0 saturated heterocycles. The zero-order valence-electron chi connectivity index (χ0n) is 15.0. The molecule has 25 heavy (non-hydrogen) atoms. The van der Waals surface area contributed by atoms with E-state index in [2.05, 4.69) is 20.3 Å². The Bertz CT molecular complexity index is 618. The van der Waals surface area contributed by atoms with E-state index in [9.17, 15) is 8.42 Å². The van der Waals surface area contributed by atoms with Crippen molar-refractivity contribution in [3.8, 4) is 0 Å². The SMILES string of the molecule is CN=C(NCCCOCCOC)NCc1ccc(S(=O)(=O)NC)cc1. The minimum absolute atomic E-state index is 0.245. The Morgan fingerprint density at radius 1 is 1.12 bits per heavy atom. The number of guanidine groups is 1. The molecule has 0 aromatic heterocycles. The van der Waals surface area contributed by atoms with Crippen molar-refractivity contribution in [1.82, 2.24) is 15.4 Å². The molecule has 0 aliphatic rings. The van der Waals surface area contributed by atoms with Crippen molar-refractivity contribution in [2.24, 2.45) is 4.99 Å². The lowest BCUT2D eigenvalue weighted by atomic mass is 10.2. The van der Waals surface area contributed by atoms with Gasteiger partial charge in [-0.1, -0.05) is 12.1 Å². The Hall–Kier alpha value is -1.68. The number of hydrogen-bond donors (Lipinski definition) is 3. The largest absolute Gasteiger partial charge is 0.382 e. The lowest BCUT2D eigenvalue weighted by Gasteiger charge is -2.12. The van der Waals surface area contributed by atoms with Gasteiger partial charge in [0, 0.05) is 33.9 Å².